The van der Waals surface area contributed by atoms with Crippen LogP contribution in [0.2, 0.25) is 0 Å². The predicted octanol–water partition coefficient (Wildman–Crippen LogP) is 2.94. The van der Waals surface area contributed by atoms with E-state index in [1.807, 2.05) is 12.1 Å². The average Bonchev–Trinajstić information content (AvgIpc) is 2.24. The van der Waals surface area contributed by atoms with Crippen LogP contribution in [0.4, 0.5) is 5.69 Å². The van der Waals surface area contributed by atoms with Crippen molar-refractivity contribution in [2.45, 2.75) is 39.5 Å². The van der Waals surface area contributed by atoms with Crippen LogP contribution >= 0.6 is 0 Å². The summed E-state index contributed by atoms with van der Waals surface area (Å²) in [6.45, 7) is 8.34. The summed E-state index contributed by atoms with van der Waals surface area (Å²) in [5.41, 5.74) is 2.89. The lowest BCUT2D eigenvalue weighted by atomic mass is 9.85. The smallest absolute Gasteiger partial charge is 0.232 e. The topological polar surface area (TPSA) is 37.4 Å². The molecule has 0 bridgehead atoms. The van der Waals surface area contributed by atoms with Gasteiger partial charge in [0.2, 0.25) is 10.0 Å². The minimum Gasteiger partial charge on any atom is -0.273 e. The highest BCUT2D eigenvalue weighted by Gasteiger charge is 2.23. The van der Waals surface area contributed by atoms with Gasteiger partial charge in [-0.2, -0.15) is 0 Å². The molecular formula is C14H23NO2S. The Hall–Kier alpha value is -1.03. The molecule has 0 radical (unpaired) electrons. The number of benzene rings is 1. The van der Waals surface area contributed by atoms with E-state index in [0.717, 1.165) is 23.2 Å². The van der Waals surface area contributed by atoms with Crippen LogP contribution in [0.1, 0.15) is 38.8 Å². The molecule has 0 saturated carbocycles. The largest absolute Gasteiger partial charge is 0.273 e. The molecule has 0 fully saturated rings. The Labute approximate surface area is 111 Å². The maximum atomic E-state index is 11.7. The molecule has 0 aliphatic rings. The molecule has 0 unspecified atom stereocenters. The maximum Gasteiger partial charge on any atom is 0.232 e. The van der Waals surface area contributed by atoms with Crippen molar-refractivity contribution in [3.05, 3.63) is 29.3 Å². The van der Waals surface area contributed by atoms with Gasteiger partial charge in [0.25, 0.3) is 0 Å². The van der Waals surface area contributed by atoms with Gasteiger partial charge in [0.1, 0.15) is 0 Å². The highest BCUT2D eigenvalue weighted by atomic mass is 32.2. The van der Waals surface area contributed by atoms with E-state index in [-0.39, 0.29) is 5.41 Å². The van der Waals surface area contributed by atoms with E-state index in [9.17, 15) is 8.42 Å². The zero-order valence-corrected chi connectivity index (χ0v) is 12.9. The van der Waals surface area contributed by atoms with Crippen LogP contribution in [0.5, 0.6) is 0 Å². The number of anilines is 1. The summed E-state index contributed by atoms with van der Waals surface area (Å²) in [7, 11) is -1.62. The van der Waals surface area contributed by atoms with E-state index in [4.69, 9.17) is 0 Å². The first-order chi connectivity index (χ1) is 8.07. The molecule has 0 atom stereocenters. The number of hydrogen-bond donors (Lipinski definition) is 0. The highest BCUT2D eigenvalue weighted by molar-refractivity contribution is 7.92. The first-order valence-corrected chi connectivity index (χ1v) is 7.99. The summed E-state index contributed by atoms with van der Waals surface area (Å²) in [5, 5.41) is 0. The van der Waals surface area contributed by atoms with Crippen molar-refractivity contribution in [3.63, 3.8) is 0 Å². The van der Waals surface area contributed by atoms with Gasteiger partial charge in [-0.1, -0.05) is 39.8 Å². The molecule has 0 aliphatic carbocycles. The Balaban J connectivity index is 3.47. The van der Waals surface area contributed by atoms with Crippen molar-refractivity contribution < 1.29 is 8.42 Å². The molecule has 18 heavy (non-hydrogen) atoms. The van der Waals surface area contributed by atoms with Crippen LogP contribution < -0.4 is 4.31 Å². The van der Waals surface area contributed by atoms with E-state index in [1.54, 1.807) is 7.05 Å². The van der Waals surface area contributed by atoms with Crippen LogP contribution in [-0.2, 0) is 21.9 Å². The monoisotopic (exact) mass is 269 g/mol. The van der Waals surface area contributed by atoms with E-state index >= 15 is 0 Å². The first-order valence-electron chi connectivity index (χ1n) is 6.14. The van der Waals surface area contributed by atoms with Crippen molar-refractivity contribution in [2.24, 2.45) is 0 Å². The quantitative estimate of drug-likeness (QED) is 0.846. The molecule has 1 aromatic carbocycles. The molecule has 4 heteroatoms. The summed E-state index contributed by atoms with van der Waals surface area (Å²) in [4.78, 5) is 0. The summed E-state index contributed by atoms with van der Waals surface area (Å²) in [5.74, 6) is 0. The van der Waals surface area contributed by atoms with E-state index in [1.165, 1.54) is 10.6 Å². The van der Waals surface area contributed by atoms with Gasteiger partial charge in [-0.25, -0.2) is 8.42 Å². The van der Waals surface area contributed by atoms with E-state index in [0.29, 0.717) is 0 Å². The second-order valence-electron chi connectivity index (χ2n) is 5.69. The zero-order chi connectivity index (χ0) is 14.1. The number of aryl methyl sites for hydroxylation is 1. The Morgan fingerprint density at radius 2 is 1.78 bits per heavy atom. The number of rotatable bonds is 3. The number of hydrogen-bond acceptors (Lipinski definition) is 2. The normalized spacial score (nSPS) is 12.6. The summed E-state index contributed by atoms with van der Waals surface area (Å²) in [6, 6.07) is 6.08. The second-order valence-corrected chi connectivity index (χ2v) is 7.70. The molecule has 102 valence electrons. The summed E-state index contributed by atoms with van der Waals surface area (Å²) < 4.78 is 24.8. The highest BCUT2D eigenvalue weighted by Crippen LogP contribution is 2.33. The molecule has 0 heterocycles. The lowest BCUT2D eigenvalue weighted by molar-refractivity contribution is 0.586. The van der Waals surface area contributed by atoms with Crippen molar-refractivity contribution in [3.8, 4) is 0 Å². The third kappa shape index (κ3) is 3.25. The zero-order valence-electron chi connectivity index (χ0n) is 12.1. The average molecular weight is 269 g/mol. The van der Waals surface area contributed by atoms with E-state index in [2.05, 4.69) is 33.8 Å². The SMILES string of the molecule is CCc1ccc(C(C)(C)C)c(N(C)S(C)(=O)=O)c1. The fourth-order valence-electron chi connectivity index (χ4n) is 1.87. The molecule has 0 aromatic heterocycles. The van der Waals surface area contributed by atoms with E-state index < -0.39 is 10.0 Å². The van der Waals surface area contributed by atoms with Gasteiger partial charge in [-0.15, -0.1) is 0 Å². The van der Waals surface area contributed by atoms with Crippen LogP contribution in [0, 0.1) is 0 Å². The third-order valence-corrected chi connectivity index (χ3v) is 4.31. The van der Waals surface area contributed by atoms with Crippen LogP contribution in [0.25, 0.3) is 0 Å². The molecule has 1 aromatic rings. The molecule has 0 N–H and O–H groups in total. The minimum atomic E-state index is -3.23. The van der Waals surface area contributed by atoms with Gasteiger partial charge in [-0.3, -0.25) is 4.31 Å². The molecule has 0 amide bonds. The van der Waals surface area contributed by atoms with Crippen molar-refractivity contribution in [2.75, 3.05) is 17.6 Å². The summed E-state index contributed by atoms with van der Waals surface area (Å²) in [6.07, 6.45) is 2.13. The fourth-order valence-corrected chi connectivity index (χ4v) is 2.38. The lowest BCUT2D eigenvalue weighted by Gasteiger charge is -2.28. The minimum absolute atomic E-state index is 0.0828. The Morgan fingerprint density at radius 1 is 1.22 bits per heavy atom. The Bertz CT molecular complexity index is 527. The molecular weight excluding hydrogens is 246 g/mol. The molecule has 0 aliphatic heterocycles. The fraction of sp³-hybridized carbons (Fsp3) is 0.571. The molecule has 0 spiro atoms. The first kappa shape index (κ1) is 15.0. The van der Waals surface area contributed by atoms with Crippen molar-refractivity contribution in [1.82, 2.24) is 0 Å². The van der Waals surface area contributed by atoms with Crippen molar-refractivity contribution in [1.29, 1.82) is 0 Å². The lowest BCUT2D eigenvalue weighted by Crippen LogP contribution is -2.28. The van der Waals surface area contributed by atoms with Crippen LogP contribution in [-0.4, -0.2) is 21.7 Å². The number of nitrogens with zero attached hydrogens (tertiary/aromatic N) is 1. The van der Waals surface area contributed by atoms with Gasteiger partial charge in [-0.05, 0) is 29.0 Å². The van der Waals surface area contributed by atoms with Gasteiger partial charge in [0.15, 0.2) is 0 Å². The van der Waals surface area contributed by atoms with Gasteiger partial charge in [0.05, 0.1) is 11.9 Å². The van der Waals surface area contributed by atoms with Gasteiger partial charge < -0.3 is 0 Å². The van der Waals surface area contributed by atoms with Crippen LogP contribution in [0.15, 0.2) is 18.2 Å². The van der Waals surface area contributed by atoms with Crippen LogP contribution in [0.3, 0.4) is 0 Å². The third-order valence-electron chi connectivity index (χ3n) is 3.12. The summed E-state index contributed by atoms with van der Waals surface area (Å²) >= 11 is 0. The predicted molar refractivity (Wildman–Crippen MR) is 77.8 cm³/mol. The maximum absolute atomic E-state index is 11.7. The molecule has 0 saturated heterocycles. The Kier molecular flexibility index (Phi) is 4.11. The second kappa shape index (κ2) is 4.92. The molecule has 1 rings (SSSR count). The van der Waals surface area contributed by atoms with Gasteiger partial charge >= 0.3 is 0 Å². The standard InChI is InChI=1S/C14H23NO2S/c1-7-11-8-9-12(14(2,3)4)13(10-11)15(5)18(6,16)17/h8-10H,7H2,1-6H3. The van der Waals surface area contributed by atoms with Gasteiger partial charge in [0, 0.05) is 7.05 Å². The Morgan fingerprint density at radius 3 is 2.17 bits per heavy atom. The van der Waals surface area contributed by atoms with Crippen molar-refractivity contribution >= 4 is 15.7 Å². The molecule has 3 nitrogen and oxygen atoms in total. The number of sulfonamides is 1.